The van der Waals surface area contributed by atoms with Crippen molar-refractivity contribution in [1.29, 1.82) is 0 Å². The standard InChI is InChI=1S/C13H21N3O2/c1-4-18-13(7-5-10(2)6-8-13)12(17)11-9-14-15-16(11)3/h9-10H,4-8H2,1-3H3. The lowest BCUT2D eigenvalue weighted by Gasteiger charge is -2.37. The van der Waals surface area contributed by atoms with Crippen molar-refractivity contribution >= 4 is 5.78 Å². The lowest BCUT2D eigenvalue weighted by Crippen LogP contribution is -2.45. The summed E-state index contributed by atoms with van der Waals surface area (Å²) in [6.45, 7) is 4.73. The monoisotopic (exact) mass is 251 g/mol. The van der Waals surface area contributed by atoms with E-state index in [9.17, 15) is 4.79 Å². The van der Waals surface area contributed by atoms with E-state index >= 15 is 0 Å². The molecule has 0 amide bonds. The van der Waals surface area contributed by atoms with E-state index < -0.39 is 5.60 Å². The largest absolute Gasteiger partial charge is 0.367 e. The zero-order chi connectivity index (χ0) is 13.2. The number of aromatic nitrogens is 3. The Morgan fingerprint density at radius 1 is 1.56 bits per heavy atom. The van der Waals surface area contributed by atoms with Gasteiger partial charge in [-0.25, -0.2) is 4.68 Å². The molecule has 0 saturated heterocycles. The summed E-state index contributed by atoms with van der Waals surface area (Å²) in [7, 11) is 1.74. The molecule has 1 fully saturated rings. The molecule has 0 spiro atoms. The molecule has 1 aliphatic carbocycles. The minimum Gasteiger partial charge on any atom is -0.367 e. The number of ketones is 1. The van der Waals surface area contributed by atoms with Crippen molar-refractivity contribution < 1.29 is 9.53 Å². The number of ether oxygens (including phenoxy) is 1. The maximum Gasteiger partial charge on any atom is 0.214 e. The molecule has 18 heavy (non-hydrogen) atoms. The Morgan fingerprint density at radius 2 is 2.22 bits per heavy atom. The van der Waals surface area contributed by atoms with Gasteiger partial charge in [-0.05, 0) is 38.5 Å². The number of Topliss-reactive ketones (excluding diaryl/α,β-unsaturated/α-hetero) is 1. The number of carbonyl (C=O) groups is 1. The maximum absolute atomic E-state index is 12.7. The highest BCUT2D eigenvalue weighted by atomic mass is 16.5. The minimum absolute atomic E-state index is 0.0313. The maximum atomic E-state index is 12.7. The van der Waals surface area contributed by atoms with Gasteiger partial charge in [0.25, 0.3) is 0 Å². The third kappa shape index (κ3) is 2.32. The molecule has 1 saturated carbocycles. The molecule has 0 N–H and O–H groups in total. The van der Waals surface area contributed by atoms with Crippen LogP contribution in [0.1, 0.15) is 50.0 Å². The summed E-state index contributed by atoms with van der Waals surface area (Å²) < 4.78 is 7.37. The van der Waals surface area contributed by atoms with Crippen LogP contribution in [0.4, 0.5) is 0 Å². The zero-order valence-corrected chi connectivity index (χ0v) is 11.3. The summed E-state index contributed by atoms with van der Waals surface area (Å²) in [5.74, 6) is 0.708. The van der Waals surface area contributed by atoms with E-state index in [0.717, 1.165) is 25.7 Å². The first-order valence-corrected chi connectivity index (χ1v) is 6.62. The normalized spacial score (nSPS) is 28.3. The van der Waals surface area contributed by atoms with Gasteiger partial charge in [0.05, 0.1) is 6.20 Å². The van der Waals surface area contributed by atoms with E-state index in [2.05, 4.69) is 17.2 Å². The molecule has 5 nitrogen and oxygen atoms in total. The van der Waals surface area contributed by atoms with Gasteiger partial charge in [0.15, 0.2) is 0 Å². The van der Waals surface area contributed by atoms with Gasteiger partial charge >= 0.3 is 0 Å². The van der Waals surface area contributed by atoms with E-state index in [1.54, 1.807) is 7.05 Å². The van der Waals surface area contributed by atoms with Crippen LogP contribution >= 0.6 is 0 Å². The molecule has 1 aliphatic rings. The van der Waals surface area contributed by atoms with Crippen molar-refractivity contribution in [1.82, 2.24) is 15.0 Å². The Bertz CT molecular complexity index is 420. The molecule has 0 atom stereocenters. The summed E-state index contributed by atoms with van der Waals surface area (Å²) in [5, 5.41) is 7.61. The second-order valence-electron chi connectivity index (χ2n) is 5.18. The molecule has 0 radical (unpaired) electrons. The Kier molecular flexibility index (Phi) is 3.80. The molecule has 1 aromatic rings. The molecule has 0 aromatic carbocycles. The van der Waals surface area contributed by atoms with E-state index in [-0.39, 0.29) is 5.78 Å². The highest BCUT2D eigenvalue weighted by Gasteiger charge is 2.43. The molecule has 0 unspecified atom stereocenters. The third-order valence-electron chi connectivity index (χ3n) is 3.86. The van der Waals surface area contributed by atoms with Crippen molar-refractivity contribution in [2.75, 3.05) is 6.61 Å². The first kappa shape index (κ1) is 13.2. The van der Waals surface area contributed by atoms with E-state index in [0.29, 0.717) is 18.2 Å². The fourth-order valence-electron chi connectivity index (χ4n) is 2.67. The number of carbonyl (C=O) groups excluding carboxylic acids is 1. The summed E-state index contributed by atoms with van der Waals surface area (Å²) in [5.41, 5.74) is -0.116. The first-order chi connectivity index (χ1) is 8.59. The smallest absolute Gasteiger partial charge is 0.214 e. The summed E-state index contributed by atoms with van der Waals surface area (Å²) in [6.07, 6.45) is 5.20. The van der Waals surface area contributed by atoms with Crippen molar-refractivity contribution in [2.45, 2.75) is 45.1 Å². The van der Waals surface area contributed by atoms with Crippen LogP contribution in [-0.2, 0) is 11.8 Å². The van der Waals surface area contributed by atoms with Gasteiger partial charge in [-0.1, -0.05) is 12.1 Å². The van der Waals surface area contributed by atoms with Crippen LogP contribution in [0.25, 0.3) is 0 Å². The minimum atomic E-state index is -0.656. The van der Waals surface area contributed by atoms with Gasteiger partial charge in [-0.2, -0.15) is 0 Å². The Morgan fingerprint density at radius 3 is 2.72 bits per heavy atom. The fraction of sp³-hybridized carbons (Fsp3) is 0.769. The lowest BCUT2D eigenvalue weighted by molar-refractivity contribution is -0.0479. The first-order valence-electron chi connectivity index (χ1n) is 6.62. The number of hydrogen-bond donors (Lipinski definition) is 0. The van der Waals surface area contributed by atoms with Gasteiger partial charge in [0.2, 0.25) is 5.78 Å². The van der Waals surface area contributed by atoms with Gasteiger partial charge in [0.1, 0.15) is 11.3 Å². The predicted octanol–water partition coefficient (Wildman–Crippen LogP) is 1.98. The summed E-state index contributed by atoms with van der Waals surface area (Å²) in [4.78, 5) is 12.7. The average Bonchev–Trinajstić information content (AvgIpc) is 2.78. The number of hydrogen-bond acceptors (Lipinski definition) is 4. The Hall–Kier alpha value is -1.23. The molecule has 0 aliphatic heterocycles. The number of nitrogens with zero attached hydrogens (tertiary/aromatic N) is 3. The third-order valence-corrected chi connectivity index (χ3v) is 3.86. The number of rotatable bonds is 4. The number of aryl methyl sites for hydroxylation is 1. The highest BCUT2D eigenvalue weighted by molar-refractivity contribution is 6.01. The Labute approximate surface area is 108 Å². The molecule has 0 bridgehead atoms. The van der Waals surface area contributed by atoms with Crippen LogP contribution in [-0.4, -0.2) is 33.0 Å². The predicted molar refractivity (Wildman–Crippen MR) is 67.3 cm³/mol. The van der Waals surface area contributed by atoms with Crippen LogP contribution in [0.15, 0.2) is 6.20 Å². The molecule has 2 rings (SSSR count). The molecule has 1 aromatic heterocycles. The van der Waals surface area contributed by atoms with Crippen LogP contribution in [0.5, 0.6) is 0 Å². The van der Waals surface area contributed by atoms with Gasteiger partial charge in [-0.3, -0.25) is 4.79 Å². The summed E-state index contributed by atoms with van der Waals surface area (Å²) >= 11 is 0. The van der Waals surface area contributed by atoms with E-state index in [1.807, 2.05) is 6.92 Å². The lowest BCUT2D eigenvalue weighted by atomic mass is 9.76. The zero-order valence-electron chi connectivity index (χ0n) is 11.3. The quantitative estimate of drug-likeness (QED) is 0.768. The van der Waals surface area contributed by atoms with E-state index in [1.165, 1.54) is 10.9 Å². The van der Waals surface area contributed by atoms with E-state index in [4.69, 9.17) is 4.74 Å². The summed E-state index contributed by atoms with van der Waals surface area (Å²) in [6, 6.07) is 0. The van der Waals surface area contributed by atoms with Crippen LogP contribution in [0.3, 0.4) is 0 Å². The second-order valence-corrected chi connectivity index (χ2v) is 5.18. The van der Waals surface area contributed by atoms with Crippen LogP contribution in [0.2, 0.25) is 0 Å². The van der Waals surface area contributed by atoms with Crippen LogP contribution < -0.4 is 0 Å². The molecular weight excluding hydrogens is 230 g/mol. The van der Waals surface area contributed by atoms with Crippen molar-refractivity contribution in [3.8, 4) is 0 Å². The van der Waals surface area contributed by atoms with Crippen molar-refractivity contribution in [2.24, 2.45) is 13.0 Å². The van der Waals surface area contributed by atoms with Gasteiger partial charge < -0.3 is 4.74 Å². The topological polar surface area (TPSA) is 57.0 Å². The van der Waals surface area contributed by atoms with Crippen molar-refractivity contribution in [3.63, 3.8) is 0 Å². The molecule has 5 heteroatoms. The van der Waals surface area contributed by atoms with Crippen LogP contribution in [0, 0.1) is 5.92 Å². The van der Waals surface area contributed by atoms with Crippen molar-refractivity contribution in [3.05, 3.63) is 11.9 Å². The van der Waals surface area contributed by atoms with Gasteiger partial charge in [-0.15, -0.1) is 5.10 Å². The second kappa shape index (κ2) is 5.18. The van der Waals surface area contributed by atoms with Gasteiger partial charge in [0, 0.05) is 13.7 Å². The SMILES string of the molecule is CCOC1(C(=O)c2cnnn2C)CCC(C)CC1. The fourth-order valence-corrected chi connectivity index (χ4v) is 2.67. The molecule has 1 heterocycles. The Balaban J connectivity index is 2.25. The average molecular weight is 251 g/mol. The molecular formula is C13H21N3O2. The molecule has 100 valence electrons. The highest BCUT2D eigenvalue weighted by Crippen LogP contribution is 2.37.